The van der Waals surface area contributed by atoms with Crippen molar-refractivity contribution < 1.29 is 27.6 Å². The molecular weight excluding hydrogens is 406 g/mol. The third kappa shape index (κ3) is 4.48. The van der Waals surface area contributed by atoms with E-state index in [0.29, 0.717) is 22.4 Å². The second-order valence-electron chi connectivity index (χ2n) is 6.66. The summed E-state index contributed by atoms with van der Waals surface area (Å²) in [7, 11) is 1.36. The van der Waals surface area contributed by atoms with Crippen LogP contribution in [0.15, 0.2) is 71.3 Å². The summed E-state index contributed by atoms with van der Waals surface area (Å²) in [6.07, 6.45) is 0. The Labute approximate surface area is 176 Å². The molecule has 8 heteroatoms. The van der Waals surface area contributed by atoms with E-state index in [2.05, 4.69) is 15.2 Å². The Bertz CT molecular complexity index is 1210. The van der Waals surface area contributed by atoms with Gasteiger partial charge in [0, 0.05) is 17.7 Å². The monoisotopic (exact) mass is 424 g/mol. The van der Waals surface area contributed by atoms with Crippen LogP contribution in [0.4, 0.5) is 8.78 Å². The summed E-state index contributed by atoms with van der Waals surface area (Å²) in [6, 6.07) is 19.1. The highest BCUT2D eigenvalue weighted by Gasteiger charge is 2.15. The van der Waals surface area contributed by atoms with E-state index in [4.69, 9.17) is 9.26 Å². The van der Waals surface area contributed by atoms with Crippen LogP contribution in [0.1, 0.15) is 15.9 Å². The molecule has 4 rings (SSSR count). The molecule has 0 bridgehead atoms. The van der Waals surface area contributed by atoms with Crippen molar-refractivity contribution in [3.63, 3.8) is 0 Å². The number of alkyl halides is 2. The van der Waals surface area contributed by atoms with E-state index in [1.165, 1.54) is 19.2 Å². The lowest BCUT2D eigenvalue weighted by atomic mass is 10.1. The Kier molecular flexibility index (Phi) is 5.79. The number of carbonyl (C=O) groups is 1. The standard InChI is InChI=1S/C23H18F2N2O4/c1-29-19-10-7-14(11-20(19)30-23(24)25)13-26-22(28)16-8-9-18-17(12-16)21(31-27-18)15-5-3-2-4-6-15/h2-12,23H,13H2,1H3,(H,26,28). The van der Waals surface area contributed by atoms with E-state index >= 15 is 0 Å². The van der Waals surface area contributed by atoms with Gasteiger partial charge in [-0.05, 0) is 35.9 Å². The normalized spacial score (nSPS) is 11.0. The molecule has 0 saturated heterocycles. The van der Waals surface area contributed by atoms with Gasteiger partial charge in [-0.25, -0.2) is 0 Å². The van der Waals surface area contributed by atoms with E-state index in [1.54, 1.807) is 24.3 Å². The van der Waals surface area contributed by atoms with E-state index in [0.717, 1.165) is 10.9 Å². The molecule has 4 aromatic rings. The summed E-state index contributed by atoms with van der Waals surface area (Å²) >= 11 is 0. The smallest absolute Gasteiger partial charge is 0.387 e. The molecule has 0 fully saturated rings. The molecule has 0 atom stereocenters. The van der Waals surface area contributed by atoms with Gasteiger partial charge in [-0.15, -0.1) is 0 Å². The lowest BCUT2D eigenvalue weighted by Gasteiger charge is -2.12. The second-order valence-corrected chi connectivity index (χ2v) is 6.66. The summed E-state index contributed by atoms with van der Waals surface area (Å²) < 4.78 is 40.2. The van der Waals surface area contributed by atoms with Gasteiger partial charge < -0.3 is 19.3 Å². The molecule has 1 amide bonds. The van der Waals surface area contributed by atoms with Gasteiger partial charge in [0.05, 0.1) is 12.5 Å². The maximum Gasteiger partial charge on any atom is 0.387 e. The number of carbonyl (C=O) groups excluding carboxylic acids is 1. The van der Waals surface area contributed by atoms with E-state index in [-0.39, 0.29) is 24.0 Å². The first-order chi connectivity index (χ1) is 15.0. The number of hydrogen-bond donors (Lipinski definition) is 1. The number of amides is 1. The number of nitrogens with zero attached hydrogens (tertiary/aromatic N) is 1. The molecule has 1 N–H and O–H groups in total. The zero-order chi connectivity index (χ0) is 21.8. The van der Waals surface area contributed by atoms with Crippen LogP contribution in [0.3, 0.4) is 0 Å². The average Bonchev–Trinajstić information content (AvgIpc) is 3.21. The Balaban J connectivity index is 1.53. The molecule has 0 aliphatic carbocycles. The predicted molar refractivity (Wildman–Crippen MR) is 110 cm³/mol. The first-order valence-electron chi connectivity index (χ1n) is 9.40. The van der Waals surface area contributed by atoms with Crippen LogP contribution in [0.5, 0.6) is 11.5 Å². The number of rotatable bonds is 7. The number of aromatic nitrogens is 1. The van der Waals surface area contributed by atoms with Crippen molar-refractivity contribution >= 4 is 16.8 Å². The minimum Gasteiger partial charge on any atom is -0.493 e. The van der Waals surface area contributed by atoms with Crippen LogP contribution in [0.2, 0.25) is 0 Å². The molecular formula is C23H18F2N2O4. The maximum absolute atomic E-state index is 12.7. The van der Waals surface area contributed by atoms with Gasteiger partial charge in [0.1, 0.15) is 5.52 Å². The molecule has 1 heterocycles. The minimum atomic E-state index is -2.98. The fraction of sp³-hybridized carbons (Fsp3) is 0.130. The van der Waals surface area contributed by atoms with Crippen LogP contribution < -0.4 is 14.8 Å². The van der Waals surface area contributed by atoms with Crippen LogP contribution in [-0.4, -0.2) is 24.8 Å². The van der Waals surface area contributed by atoms with Crippen molar-refractivity contribution in [1.82, 2.24) is 10.5 Å². The van der Waals surface area contributed by atoms with Gasteiger partial charge in [-0.2, -0.15) is 8.78 Å². The third-order valence-electron chi connectivity index (χ3n) is 4.67. The molecule has 0 spiro atoms. The highest BCUT2D eigenvalue weighted by atomic mass is 19.3. The Morgan fingerprint density at radius 2 is 1.87 bits per heavy atom. The number of benzene rings is 3. The van der Waals surface area contributed by atoms with Crippen LogP contribution >= 0.6 is 0 Å². The van der Waals surface area contributed by atoms with E-state index in [9.17, 15) is 13.6 Å². The number of hydrogen-bond acceptors (Lipinski definition) is 5. The van der Waals surface area contributed by atoms with Crippen LogP contribution in [0, 0.1) is 0 Å². The molecule has 0 radical (unpaired) electrons. The third-order valence-corrected chi connectivity index (χ3v) is 4.67. The fourth-order valence-corrected chi connectivity index (χ4v) is 3.18. The molecule has 158 valence electrons. The highest BCUT2D eigenvalue weighted by molar-refractivity contribution is 6.00. The SMILES string of the molecule is COc1ccc(CNC(=O)c2ccc3noc(-c4ccccc4)c3c2)cc1OC(F)F. The van der Waals surface area contributed by atoms with Gasteiger partial charge in [-0.3, -0.25) is 4.79 Å². The summed E-state index contributed by atoms with van der Waals surface area (Å²) in [4.78, 5) is 12.7. The quantitative estimate of drug-likeness (QED) is 0.450. The highest BCUT2D eigenvalue weighted by Crippen LogP contribution is 2.30. The maximum atomic E-state index is 12.7. The number of ether oxygens (including phenoxy) is 2. The molecule has 3 aromatic carbocycles. The zero-order valence-corrected chi connectivity index (χ0v) is 16.5. The van der Waals surface area contributed by atoms with Gasteiger partial charge in [0.25, 0.3) is 5.91 Å². The Hall–Kier alpha value is -3.94. The second kappa shape index (κ2) is 8.83. The van der Waals surface area contributed by atoms with Gasteiger partial charge >= 0.3 is 6.61 Å². The topological polar surface area (TPSA) is 73.6 Å². The average molecular weight is 424 g/mol. The summed E-state index contributed by atoms with van der Waals surface area (Å²) in [6.45, 7) is -2.86. The summed E-state index contributed by atoms with van der Waals surface area (Å²) in [5.41, 5.74) is 2.50. The zero-order valence-electron chi connectivity index (χ0n) is 16.5. The van der Waals surface area contributed by atoms with Crippen molar-refractivity contribution in [2.45, 2.75) is 13.2 Å². The number of fused-ring (bicyclic) bond motifs is 1. The molecule has 1 aromatic heterocycles. The molecule has 0 unspecified atom stereocenters. The van der Waals surface area contributed by atoms with Crippen molar-refractivity contribution in [2.75, 3.05) is 7.11 Å². The minimum absolute atomic E-state index is 0.0948. The van der Waals surface area contributed by atoms with Crippen LogP contribution in [0.25, 0.3) is 22.2 Å². The number of methoxy groups -OCH3 is 1. The number of nitrogens with one attached hydrogen (secondary N) is 1. The van der Waals surface area contributed by atoms with Crippen molar-refractivity contribution in [1.29, 1.82) is 0 Å². The van der Waals surface area contributed by atoms with Crippen molar-refractivity contribution in [3.8, 4) is 22.8 Å². The van der Waals surface area contributed by atoms with Gasteiger partial charge in [0.2, 0.25) is 0 Å². The van der Waals surface area contributed by atoms with E-state index < -0.39 is 6.61 Å². The van der Waals surface area contributed by atoms with Gasteiger partial charge in [0.15, 0.2) is 17.3 Å². The molecule has 6 nitrogen and oxygen atoms in total. The largest absolute Gasteiger partial charge is 0.493 e. The first-order valence-corrected chi connectivity index (χ1v) is 9.40. The fourth-order valence-electron chi connectivity index (χ4n) is 3.18. The van der Waals surface area contributed by atoms with Gasteiger partial charge in [-0.1, -0.05) is 41.6 Å². The van der Waals surface area contributed by atoms with E-state index in [1.807, 2.05) is 30.3 Å². The first kappa shape index (κ1) is 20.3. The molecule has 0 saturated carbocycles. The Morgan fingerprint density at radius 3 is 2.61 bits per heavy atom. The lowest BCUT2D eigenvalue weighted by molar-refractivity contribution is -0.0512. The molecule has 0 aliphatic heterocycles. The Morgan fingerprint density at radius 1 is 1.06 bits per heavy atom. The summed E-state index contributed by atoms with van der Waals surface area (Å²) in [5, 5.41) is 7.54. The predicted octanol–water partition coefficient (Wildman–Crippen LogP) is 5.03. The summed E-state index contributed by atoms with van der Waals surface area (Å²) in [5.74, 6) is 0.341. The molecule has 0 aliphatic rings. The van der Waals surface area contributed by atoms with Crippen LogP contribution in [-0.2, 0) is 6.54 Å². The lowest BCUT2D eigenvalue weighted by Crippen LogP contribution is -2.22. The van der Waals surface area contributed by atoms with Crippen molar-refractivity contribution in [3.05, 3.63) is 77.9 Å². The molecule has 31 heavy (non-hydrogen) atoms. The van der Waals surface area contributed by atoms with Crippen molar-refractivity contribution in [2.24, 2.45) is 0 Å². The number of halogens is 2.